The molecule has 0 atom stereocenters. The van der Waals surface area contributed by atoms with Crippen molar-refractivity contribution in [2.75, 3.05) is 20.3 Å². The molecule has 0 amide bonds. The fourth-order valence-electron chi connectivity index (χ4n) is 0.649. The first-order valence-corrected chi connectivity index (χ1v) is 3.86. The molecule has 0 radical (unpaired) electrons. The van der Waals surface area contributed by atoms with Gasteiger partial charge in [-0.25, -0.2) is 4.39 Å². The van der Waals surface area contributed by atoms with Crippen LogP contribution < -0.4 is 0 Å². The van der Waals surface area contributed by atoms with E-state index in [0.29, 0.717) is 38.1 Å². The maximum atomic E-state index is 11.5. The third-order valence-electron chi connectivity index (χ3n) is 1.27. The number of hydrogen-bond donors (Lipinski definition) is 0. The van der Waals surface area contributed by atoms with E-state index in [9.17, 15) is 4.39 Å². The van der Waals surface area contributed by atoms with E-state index in [4.69, 9.17) is 9.47 Å². The van der Waals surface area contributed by atoms with E-state index in [1.165, 1.54) is 6.08 Å². The van der Waals surface area contributed by atoms with Gasteiger partial charge in [0.1, 0.15) is 6.61 Å². The van der Waals surface area contributed by atoms with Crippen molar-refractivity contribution in [3.8, 4) is 0 Å². The van der Waals surface area contributed by atoms with Crippen molar-refractivity contribution < 1.29 is 13.9 Å². The number of methoxy groups -OCH3 is 1. The van der Waals surface area contributed by atoms with Crippen LogP contribution in [-0.2, 0) is 9.47 Å². The van der Waals surface area contributed by atoms with Gasteiger partial charge in [-0.05, 0) is 6.42 Å². The van der Waals surface area contributed by atoms with E-state index in [1.54, 1.807) is 7.11 Å². The van der Waals surface area contributed by atoms with E-state index >= 15 is 0 Å². The molecule has 0 saturated heterocycles. The van der Waals surface area contributed by atoms with E-state index in [1.807, 2.05) is 0 Å². The first-order valence-electron chi connectivity index (χ1n) is 3.86. The van der Waals surface area contributed by atoms with Gasteiger partial charge in [-0.15, -0.1) is 0 Å². The Balaban J connectivity index is 3.21. The second-order valence-corrected chi connectivity index (χ2v) is 2.28. The highest BCUT2D eigenvalue weighted by Crippen LogP contribution is 2.04. The predicted molar refractivity (Wildman–Crippen MR) is 46.5 cm³/mol. The Morgan fingerprint density at radius 3 is 2.83 bits per heavy atom. The average molecular weight is 174 g/mol. The van der Waals surface area contributed by atoms with Crippen molar-refractivity contribution in [2.45, 2.75) is 12.8 Å². The first kappa shape index (κ1) is 11.2. The highest BCUT2D eigenvalue weighted by molar-refractivity contribution is 4.86. The van der Waals surface area contributed by atoms with Crippen molar-refractivity contribution in [1.29, 1.82) is 0 Å². The summed E-state index contributed by atoms with van der Waals surface area (Å²) in [4.78, 5) is 0. The standard InChI is InChI=1S/C9H15FO2/c1-9(5-3-4-6-10)12-8-7-11-2/h4,6H,1,3,5,7-8H2,2H3/b6-4+. The van der Waals surface area contributed by atoms with Crippen molar-refractivity contribution in [1.82, 2.24) is 0 Å². The van der Waals surface area contributed by atoms with Crippen LogP contribution in [0.4, 0.5) is 4.39 Å². The van der Waals surface area contributed by atoms with Crippen LogP contribution in [0.5, 0.6) is 0 Å². The van der Waals surface area contributed by atoms with Crippen molar-refractivity contribution in [2.24, 2.45) is 0 Å². The van der Waals surface area contributed by atoms with Gasteiger partial charge in [0.15, 0.2) is 0 Å². The van der Waals surface area contributed by atoms with Gasteiger partial charge in [0.2, 0.25) is 0 Å². The first-order chi connectivity index (χ1) is 5.81. The molecule has 0 heterocycles. The minimum Gasteiger partial charge on any atom is -0.496 e. The number of allylic oxidation sites excluding steroid dienone is 2. The third kappa shape index (κ3) is 7.28. The molecule has 0 aliphatic rings. The molecule has 0 N–H and O–H groups in total. The Labute approximate surface area is 72.7 Å². The van der Waals surface area contributed by atoms with Gasteiger partial charge < -0.3 is 9.47 Å². The summed E-state index contributed by atoms with van der Waals surface area (Å²) in [6.07, 6.45) is 3.25. The van der Waals surface area contributed by atoms with Crippen LogP contribution >= 0.6 is 0 Å². The molecule has 0 aliphatic heterocycles. The molecule has 0 spiro atoms. The number of halogens is 1. The zero-order valence-electron chi connectivity index (χ0n) is 7.38. The smallest absolute Gasteiger partial charge is 0.111 e. The van der Waals surface area contributed by atoms with Gasteiger partial charge >= 0.3 is 0 Å². The summed E-state index contributed by atoms with van der Waals surface area (Å²) in [6.45, 7) is 4.73. The predicted octanol–water partition coefficient (Wildman–Crippen LogP) is 2.43. The van der Waals surface area contributed by atoms with Gasteiger partial charge in [-0.2, -0.15) is 0 Å². The summed E-state index contributed by atoms with van der Waals surface area (Å²) in [5.74, 6) is 0.671. The van der Waals surface area contributed by atoms with Crippen LogP contribution in [0.25, 0.3) is 0 Å². The topological polar surface area (TPSA) is 18.5 Å². The zero-order valence-corrected chi connectivity index (χ0v) is 7.38. The average Bonchev–Trinajstić information content (AvgIpc) is 2.06. The summed E-state index contributed by atoms with van der Waals surface area (Å²) in [5.41, 5.74) is 0. The lowest BCUT2D eigenvalue weighted by atomic mass is 10.3. The molecule has 0 fully saturated rings. The summed E-state index contributed by atoms with van der Waals surface area (Å²) in [7, 11) is 1.61. The SMILES string of the molecule is C=C(CC/C=C/F)OCCOC. The van der Waals surface area contributed by atoms with Crippen LogP contribution in [0.2, 0.25) is 0 Å². The Morgan fingerprint density at radius 2 is 2.25 bits per heavy atom. The second-order valence-electron chi connectivity index (χ2n) is 2.28. The molecule has 0 aromatic carbocycles. The van der Waals surface area contributed by atoms with Crippen LogP contribution in [0, 0.1) is 0 Å². The maximum Gasteiger partial charge on any atom is 0.111 e. The normalized spacial score (nSPS) is 10.5. The fourth-order valence-corrected chi connectivity index (χ4v) is 0.649. The molecular formula is C9H15FO2. The van der Waals surface area contributed by atoms with Crippen LogP contribution in [0.1, 0.15) is 12.8 Å². The molecule has 0 rings (SSSR count). The van der Waals surface area contributed by atoms with Crippen LogP contribution in [0.15, 0.2) is 24.7 Å². The highest BCUT2D eigenvalue weighted by atomic mass is 19.1. The van der Waals surface area contributed by atoms with E-state index in [0.717, 1.165) is 0 Å². The summed E-state index contributed by atoms with van der Waals surface area (Å²) in [5, 5.41) is 0. The molecule has 0 unspecified atom stereocenters. The van der Waals surface area contributed by atoms with Crippen LogP contribution in [-0.4, -0.2) is 20.3 Å². The molecule has 70 valence electrons. The Morgan fingerprint density at radius 1 is 1.50 bits per heavy atom. The van der Waals surface area contributed by atoms with Crippen molar-refractivity contribution >= 4 is 0 Å². The van der Waals surface area contributed by atoms with E-state index in [2.05, 4.69) is 6.58 Å². The molecule has 0 bridgehead atoms. The Hall–Kier alpha value is -0.830. The van der Waals surface area contributed by atoms with E-state index < -0.39 is 0 Å². The summed E-state index contributed by atoms with van der Waals surface area (Å²) < 4.78 is 21.4. The van der Waals surface area contributed by atoms with Crippen LogP contribution in [0.3, 0.4) is 0 Å². The van der Waals surface area contributed by atoms with Gasteiger partial charge in [0.25, 0.3) is 0 Å². The number of rotatable bonds is 7. The molecule has 0 aromatic heterocycles. The zero-order chi connectivity index (χ0) is 9.23. The Bertz CT molecular complexity index is 143. The largest absolute Gasteiger partial charge is 0.496 e. The van der Waals surface area contributed by atoms with E-state index in [-0.39, 0.29) is 0 Å². The van der Waals surface area contributed by atoms with Gasteiger partial charge in [-0.1, -0.05) is 12.7 Å². The Kier molecular flexibility index (Phi) is 7.70. The lowest BCUT2D eigenvalue weighted by Crippen LogP contribution is -2.00. The summed E-state index contributed by atoms with van der Waals surface area (Å²) >= 11 is 0. The van der Waals surface area contributed by atoms with Gasteiger partial charge in [0, 0.05) is 13.5 Å². The molecule has 12 heavy (non-hydrogen) atoms. The molecule has 2 nitrogen and oxygen atoms in total. The molecule has 0 aromatic rings. The van der Waals surface area contributed by atoms with Gasteiger partial charge in [-0.3, -0.25) is 0 Å². The molecular weight excluding hydrogens is 159 g/mol. The fraction of sp³-hybridized carbons (Fsp3) is 0.556. The minimum absolute atomic E-state index is 0.509. The third-order valence-corrected chi connectivity index (χ3v) is 1.27. The summed E-state index contributed by atoms with van der Waals surface area (Å²) in [6, 6.07) is 0. The number of hydrogen-bond acceptors (Lipinski definition) is 2. The maximum absolute atomic E-state index is 11.5. The molecule has 0 saturated carbocycles. The molecule has 3 heteroatoms. The van der Waals surface area contributed by atoms with Gasteiger partial charge in [0.05, 0.1) is 18.7 Å². The molecule has 0 aliphatic carbocycles. The lowest BCUT2D eigenvalue weighted by Gasteiger charge is -2.06. The monoisotopic (exact) mass is 174 g/mol. The highest BCUT2D eigenvalue weighted by Gasteiger charge is 1.92. The minimum atomic E-state index is 0.509. The number of ether oxygens (including phenoxy) is 2. The lowest BCUT2D eigenvalue weighted by molar-refractivity contribution is 0.107. The quantitative estimate of drug-likeness (QED) is 0.436. The van der Waals surface area contributed by atoms with Crippen molar-refractivity contribution in [3.05, 3.63) is 24.7 Å². The van der Waals surface area contributed by atoms with Crippen molar-refractivity contribution in [3.63, 3.8) is 0 Å². The second kappa shape index (κ2) is 8.27.